The average molecular weight is 358 g/mol. The summed E-state index contributed by atoms with van der Waals surface area (Å²) in [5.74, 6) is 1.60. The Balaban J connectivity index is 1.66. The van der Waals surface area contributed by atoms with E-state index in [1.165, 1.54) is 27.1 Å². The second-order valence-corrected chi connectivity index (χ2v) is 6.47. The van der Waals surface area contributed by atoms with Crippen LogP contribution in [0, 0.1) is 0 Å². The molecule has 0 amide bonds. The topological polar surface area (TPSA) is 27.7 Å². The molecule has 0 N–H and O–H groups in total. The Morgan fingerprint density at radius 2 is 1.33 bits per heavy atom. The van der Waals surface area contributed by atoms with Gasteiger partial charge >= 0.3 is 0 Å². The molecule has 0 atom stereocenters. The van der Waals surface area contributed by atoms with Crippen LogP contribution in [0.25, 0.3) is 21.5 Å². The van der Waals surface area contributed by atoms with Gasteiger partial charge < -0.3 is 14.2 Å². The lowest BCUT2D eigenvalue weighted by molar-refractivity contribution is 0.107. The number of fused-ring (bicyclic) bond motifs is 2. The van der Waals surface area contributed by atoms with E-state index >= 15 is 0 Å². The zero-order chi connectivity index (χ0) is 18.6. The lowest BCUT2D eigenvalue weighted by atomic mass is 9.97. The smallest absolute Gasteiger partial charge is 0.124 e. The van der Waals surface area contributed by atoms with Crippen LogP contribution in [0.3, 0.4) is 0 Å². The third-order valence-corrected chi connectivity index (χ3v) is 4.87. The van der Waals surface area contributed by atoms with Gasteiger partial charge in [0.2, 0.25) is 0 Å². The van der Waals surface area contributed by atoms with Crippen molar-refractivity contribution in [2.75, 3.05) is 14.2 Å². The minimum Gasteiger partial charge on any atom is -0.497 e. The quantitative estimate of drug-likeness (QED) is 0.412. The molecule has 0 saturated heterocycles. The standard InChI is InChI=1S/C24H22O3/c1-25-20-11-12-24(26-2)19(14-20)15-27-16-23-21-9-5-3-7-17(21)13-18-8-4-6-10-22(18)23/h3-14H,15-16H2,1-2H3. The highest BCUT2D eigenvalue weighted by molar-refractivity contribution is 6.02. The first-order chi connectivity index (χ1) is 13.3. The maximum atomic E-state index is 6.13. The molecular formula is C24H22O3. The van der Waals surface area contributed by atoms with E-state index < -0.39 is 0 Å². The van der Waals surface area contributed by atoms with E-state index in [9.17, 15) is 0 Å². The normalized spacial score (nSPS) is 11.0. The molecule has 0 aliphatic carbocycles. The van der Waals surface area contributed by atoms with Gasteiger partial charge in [-0.15, -0.1) is 0 Å². The number of rotatable bonds is 6. The lowest BCUT2D eigenvalue weighted by Gasteiger charge is -2.14. The van der Waals surface area contributed by atoms with E-state index in [1.807, 2.05) is 18.2 Å². The Bertz CT molecular complexity index is 1030. The van der Waals surface area contributed by atoms with Crippen LogP contribution in [-0.2, 0) is 18.0 Å². The van der Waals surface area contributed by atoms with Crippen LogP contribution in [0.2, 0.25) is 0 Å². The molecule has 0 fully saturated rings. The van der Waals surface area contributed by atoms with Crippen LogP contribution in [0.15, 0.2) is 72.8 Å². The summed E-state index contributed by atoms with van der Waals surface area (Å²) in [6.07, 6.45) is 0. The summed E-state index contributed by atoms with van der Waals surface area (Å²) in [7, 11) is 3.33. The maximum absolute atomic E-state index is 6.13. The van der Waals surface area contributed by atoms with Gasteiger partial charge in [-0.3, -0.25) is 0 Å². The fourth-order valence-corrected chi connectivity index (χ4v) is 3.52. The molecule has 4 aromatic carbocycles. The highest BCUT2D eigenvalue weighted by Crippen LogP contribution is 2.30. The molecular weight excluding hydrogens is 336 g/mol. The molecule has 3 nitrogen and oxygen atoms in total. The van der Waals surface area contributed by atoms with Crippen molar-refractivity contribution in [3.05, 3.63) is 83.9 Å². The van der Waals surface area contributed by atoms with E-state index in [0.29, 0.717) is 13.2 Å². The Labute approximate surface area is 159 Å². The zero-order valence-electron chi connectivity index (χ0n) is 15.6. The average Bonchev–Trinajstić information content (AvgIpc) is 2.73. The second-order valence-electron chi connectivity index (χ2n) is 6.47. The minimum absolute atomic E-state index is 0.456. The molecule has 0 radical (unpaired) electrons. The molecule has 0 unspecified atom stereocenters. The van der Waals surface area contributed by atoms with Crippen molar-refractivity contribution in [1.29, 1.82) is 0 Å². The fourth-order valence-electron chi connectivity index (χ4n) is 3.52. The van der Waals surface area contributed by atoms with Gasteiger partial charge in [0.05, 0.1) is 27.4 Å². The summed E-state index contributed by atoms with van der Waals surface area (Å²) >= 11 is 0. The Hall–Kier alpha value is -3.04. The molecule has 27 heavy (non-hydrogen) atoms. The van der Waals surface area contributed by atoms with E-state index in [4.69, 9.17) is 14.2 Å². The molecule has 0 aliphatic heterocycles. The number of benzene rings is 4. The summed E-state index contributed by atoms with van der Waals surface area (Å²) in [6, 6.07) is 24.9. The van der Waals surface area contributed by atoms with E-state index in [2.05, 4.69) is 54.6 Å². The summed E-state index contributed by atoms with van der Waals surface area (Å²) in [6.45, 7) is 0.986. The van der Waals surface area contributed by atoms with Crippen LogP contribution in [0.4, 0.5) is 0 Å². The molecule has 0 spiro atoms. The predicted molar refractivity (Wildman–Crippen MR) is 109 cm³/mol. The third-order valence-electron chi connectivity index (χ3n) is 4.87. The van der Waals surface area contributed by atoms with Crippen molar-refractivity contribution in [3.8, 4) is 11.5 Å². The number of hydrogen-bond donors (Lipinski definition) is 0. The molecule has 0 saturated carbocycles. The highest BCUT2D eigenvalue weighted by atomic mass is 16.5. The molecule has 3 heteroatoms. The summed E-state index contributed by atoms with van der Waals surface area (Å²) < 4.78 is 16.9. The monoisotopic (exact) mass is 358 g/mol. The third kappa shape index (κ3) is 3.46. The van der Waals surface area contributed by atoms with Gasteiger partial charge in [0.25, 0.3) is 0 Å². The van der Waals surface area contributed by atoms with Gasteiger partial charge in [-0.25, -0.2) is 0 Å². The number of methoxy groups -OCH3 is 2. The lowest BCUT2D eigenvalue weighted by Crippen LogP contribution is -1.99. The number of ether oxygens (including phenoxy) is 3. The molecule has 4 rings (SSSR count). The maximum Gasteiger partial charge on any atom is 0.124 e. The largest absolute Gasteiger partial charge is 0.497 e. The molecule has 0 heterocycles. The Morgan fingerprint density at radius 3 is 1.96 bits per heavy atom. The molecule has 0 aliphatic rings. The van der Waals surface area contributed by atoms with Crippen LogP contribution >= 0.6 is 0 Å². The van der Waals surface area contributed by atoms with Gasteiger partial charge in [0, 0.05) is 5.56 Å². The SMILES string of the molecule is COc1ccc(OC)c(COCc2c3ccccc3cc3ccccc23)c1. The van der Waals surface area contributed by atoms with Crippen LogP contribution < -0.4 is 9.47 Å². The Kier molecular flexibility index (Phi) is 4.95. The van der Waals surface area contributed by atoms with Gasteiger partial charge in [0.15, 0.2) is 0 Å². The van der Waals surface area contributed by atoms with E-state index in [-0.39, 0.29) is 0 Å². The van der Waals surface area contributed by atoms with Crippen LogP contribution in [-0.4, -0.2) is 14.2 Å². The molecule has 136 valence electrons. The minimum atomic E-state index is 0.456. The fraction of sp³-hybridized carbons (Fsp3) is 0.167. The van der Waals surface area contributed by atoms with Gasteiger partial charge in [-0.05, 0) is 51.4 Å². The highest BCUT2D eigenvalue weighted by Gasteiger charge is 2.09. The zero-order valence-corrected chi connectivity index (χ0v) is 15.6. The van der Waals surface area contributed by atoms with Gasteiger partial charge in [-0.1, -0.05) is 48.5 Å². The summed E-state index contributed by atoms with van der Waals surface area (Å²) in [5, 5.41) is 4.92. The second kappa shape index (κ2) is 7.68. The van der Waals surface area contributed by atoms with Crippen molar-refractivity contribution in [2.45, 2.75) is 13.2 Å². The Morgan fingerprint density at radius 1 is 0.667 bits per heavy atom. The first kappa shape index (κ1) is 17.4. The van der Waals surface area contributed by atoms with Crippen molar-refractivity contribution in [3.63, 3.8) is 0 Å². The molecule has 0 bridgehead atoms. The molecule has 4 aromatic rings. The van der Waals surface area contributed by atoms with Crippen molar-refractivity contribution in [2.24, 2.45) is 0 Å². The van der Waals surface area contributed by atoms with Crippen LogP contribution in [0.5, 0.6) is 11.5 Å². The van der Waals surface area contributed by atoms with E-state index in [1.54, 1.807) is 14.2 Å². The molecule has 0 aromatic heterocycles. The van der Waals surface area contributed by atoms with Gasteiger partial charge in [0.1, 0.15) is 11.5 Å². The summed E-state index contributed by atoms with van der Waals surface area (Å²) in [5.41, 5.74) is 2.19. The van der Waals surface area contributed by atoms with E-state index in [0.717, 1.165) is 17.1 Å². The van der Waals surface area contributed by atoms with Crippen LogP contribution in [0.1, 0.15) is 11.1 Å². The first-order valence-electron chi connectivity index (χ1n) is 8.98. The van der Waals surface area contributed by atoms with Gasteiger partial charge in [-0.2, -0.15) is 0 Å². The first-order valence-corrected chi connectivity index (χ1v) is 8.98. The summed E-state index contributed by atoms with van der Waals surface area (Å²) in [4.78, 5) is 0. The van der Waals surface area contributed by atoms with Crippen molar-refractivity contribution >= 4 is 21.5 Å². The van der Waals surface area contributed by atoms with Crippen molar-refractivity contribution < 1.29 is 14.2 Å². The predicted octanol–water partition coefficient (Wildman–Crippen LogP) is 5.73. The number of hydrogen-bond acceptors (Lipinski definition) is 3. The van der Waals surface area contributed by atoms with Crippen molar-refractivity contribution in [1.82, 2.24) is 0 Å².